The zero-order chi connectivity index (χ0) is 19.6. The first kappa shape index (κ1) is 20.0. The molecule has 0 atom stereocenters. The normalized spacial score (nSPS) is 18.6. The fourth-order valence-electron chi connectivity index (χ4n) is 3.27. The summed E-state index contributed by atoms with van der Waals surface area (Å²) in [6, 6.07) is 2.59. The lowest BCUT2D eigenvalue weighted by molar-refractivity contribution is 0.0240. The van der Waals surface area contributed by atoms with Gasteiger partial charge in [0.05, 0.1) is 11.4 Å². The summed E-state index contributed by atoms with van der Waals surface area (Å²) in [5.41, 5.74) is 0.313. The molecular formula is C19H27F2N3O2S. The van der Waals surface area contributed by atoms with Gasteiger partial charge >= 0.3 is 6.09 Å². The lowest BCUT2D eigenvalue weighted by atomic mass is 10.2. The van der Waals surface area contributed by atoms with Gasteiger partial charge in [-0.25, -0.2) is 13.6 Å². The first-order valence-corrected chi connectivity index (χ1v) is 10.4. The number of carbonyl (C=O) groups excluding carboxylic acids is 1. The Hall–Kier alpha value is -1.70. The molecule has 2 fully saturated rings. The van der Waals surface area contributed by atoms with Crippen molar-refractivity contribution in [3.05, 3.63) is 23.8 Å². The van der Waals surface area contributed by atoms with E-state index in [2.05, 4.69) is 0 Å². The van der Waals surface area contributed by atoms with Gasteiger partial charge in [-0.3, -0.25) is 0 Å². The van der Waals surface area contributed by atoms with E-state index in [1.165, 1.54) is 0 Å². The maximum absolute atomic E-state index is 14.5. The largest absolute Gasteiger partial charge is 0.444 e. The Kier molecular flexibility index (Phi) is 6.03. The summed E-state index contributed by atoms with van der Waals surface area (Å²) in [5, 5.41) is 0. The van der Waals surface area contributed by atoms with Gasteiger partial charge in [0.25, 0.3) is 0 Å². The highest BCUT2D eigenvalue weighted by molar-refractivity contribution is 7.99. The van der Waals surface area contributed by atoms with Gasteiger partial charge in [-0.05, 0) is 26.8 Å². The number of ether oxygens (including phenoxy) is 1. The molecular weight excluding hydrogens is 372 g/mol. The highest BCUT2D eigenvalue weighted by Gasteiger charge is 2.28. The fraction of sp³-hybridized carbons (Fsp3) is 0.632. The van der Waals surface area contributed by atoms with Crippen molar-refractivity contribution in [1.29, 1.82) is 0 Å². The second kappa shape index (κ2) is 8.12. The molecule has 2 aliphatic rings. The molecule has 0 aliphatic carbocycles. The molecule has 1 aromatic carbocycles. The third-order valence-electron chi connectivity index (χ3n) is 4.64. The van der Waals surface area contributed by atoms with Crippen LogP contribution < -0.4 is 9.80 Å². The van der Waals surface area contributed by atoms with E-state index >= 15 is 0 Å². The van der Waals surface area contributed by atoms with Crippen molar-refractivity contribution in [2.75, 3.05) is 60.6 Å². The Labute approximate surface area is 163 Å². The molecule has 8 heteroatoms. The van der Waals surface area contributed by atoms with Crippen LogP contribution in [0.2, 0.25) is 0 Å². The summed E-state index contributed by atoms with van der Waals surface area (Å²) in [4.78, 5) is 17.7. The summed E-state index contributed by atoms with van der Waals surface area (Å²) in [6.45, 7) is 8.87. The van der Waals surface area contributed by atoms with Crippen LogP contribution in [0.5, 0.6) is 0 Å². The average molecular weight is 400 g/mol. The molecule has 2 aliphatic heterocycles. The number of thioether (sulfide) groups is 1. The minimum Gasteiger partial charge on any atom is -0.444 e. The summed E-state index contributed by atoms with van der Waals surface area (Å²) < 4.78 is 34.2. The van der Waals surface area contributed by atoms with Gasteiger partial charge in [-0.1, -0.05) is 0 Å². The van der Waals surface area contributed by atoms with E-state index in [1.807, 2.05) is 42.3 Å². The van der Waals surface area contributed by atoms with Crippen molar-refractivity contribution < 1.29 is 18.3 Å². The number of piperazine rings is 1. The average Bonchev–Trinajstić information content (AvgIpc) is 2.61. The molecule has 2 heterocycles. The Morgan fingerprint density at radius 3 is 1.96 bits per heavy atom. The number of rotatable bonds is 2. The number of carbonyl (C=O) groups is 1. The van der Waals surface area contributed by atoms with E-state index in [0.717, 1.165) is 30.7 Å². The second-order valence-corrected chi connectivity index (χ2v) is 9.03. The van der Waals surface area contributed by atoms with Crippen molar-refractivity contribution in [1.82, 2.24) is 4.90 Å². The number of benzene rings is 1. The number of halogens is 2. The Morgan fingerprint density at radius 1 is 0.926 bits per heavy atom. The molecule has 1 amide bonds. The van der Waals surface area contributed by atoms with Gasteiger partial charge in [-0.2, -0.15) is 11.8 Å². The first-order chi connectivity index (χ1) is 12.7. The van der Waals surface area contributed by atoms with Crippen LogP contribution in [0.3, 0.4) is 0 Å². The van der Waals surface area contributed by atoms with E-state index in [0.29, 0.717) is 37.6 Å². The third kappa shape index (κ3) is 4.97. The van der Waals surface area contributed by atoms with E-state index in [4.69, 9.17) is 4.74 Å². The van der Waals surface area contributed by atoms with Crippen molar-refractivity contribution in [3.8, 4) is 0 Å². The topological polar surface area (TPSA) is 36.0 Å². The fourth-order valence-corrected chi connectivity index (χ4v) is 4.17. The van der Waals surface area contributed by atoms with Crippen molar-refractivity contribution in [2.45, 2.75) is 26.4 Å². The van der Waals surface area contributed by atoms with Gasteiger partial charge < -0.3 is 19.4 Å². The summed E-state index contributed by atoms with van der Waals surface area (Å²) in [6.07, 6.45) is -0.353. The molecule has 1 aromatic rings. The predicted molar refractivity (Wildman–Crippen MR) is 106 cm³/mol. The van der Waals surface area contributed by atoms with Crippen LogP contribution >= 0.6 is 11.8 Å². The van der Waals surface area contributed by atoms with Crippen LogP contribution in [0, 0.1) is 11.6 Å². The van der Waals surface area contributed by atoms with Crippen LogP contribution in [0.25, 0.3) is 0 Å². The van der Waals surface area contributed by atoms with E-state index in [9.17, 15) is 13.6 Å². The Bertz CT molecular complexity index is 682. The zero-order valence-corrected chi connectivity index (χ0v) is 17.0. The summed E-state index contributed by atoms with van der Waals surface area (Å²) in [5.74, 6) is 0.811. The lowest BCUT2D eigenvalue weighted by Gasteiger charge is -2.37. The quantitative estimate of drug-likeness (QED) is 0.760. The van der Waals surface area contributed by atoms with Crippen LogP contribution in [0.4, 0.5) is 25.0 Å². The molecule has 5 nitrogen and oxygen atoms in total. The Balaban J connectivity index is 1.69. The van der Waals surface area contributed by atoms with Crippen LogP contribution in [-0.4, -0.2) is 67.4 Å². The minimum absolute atomic E-state index is 0.353. The number of nitrogens with zero attached hydrogens (tertiary/aromatic N) is 3. The van der Waals surface area contributed by atoms with Crippen LogP contribution in [0.1, 0.15) is 20.8 Å². The predicted octanol–water partition coefficient (Wildman–Crippen LogP) is 3.58. The molecule has 0 N–H and O–H groups in total. The minimum atomic E-state index is -0.562. The highest BCUT2D eigenvalue weighted by atomic mass is 32.2. The van der Waals surface area contributed by atoms with Gasteiger partial charge in [0.15, 0.2) is 0 Å². The number of amides is 1. The Morgan fingerprint density at radius 2 is 1.44 bits per heavy atom. The lowest BCUT2D eigenvalue weighted by Crippen LogP contribution is -2.50. The van der Waals surface area contributed by atoms with Gasteiger partial charge in [0.2, 0.25) is 0 Å². The van der Waals surface area contributed by atoms with E-state index < -0.39 is 17.2 Å². The van der Waals surface area contributed by atoms with Crippen molar-refractivity contribution in [3.63, 3.8) is 0 Å². The van der Waals surface area contributed by atoms with E-state index in [-0.39, 0.29) is 6.09 Å². The molecule has 0 bridgehead atoms. The maximum Gasteiger partial charge on any atom is 0.410 e. The standard InChI is InChI=1S/C19H27F2N3O2S/c1-19(2,3)26-18(25)24-6-4-22(5-7-24)16-13-17(15(21)12-14(16)20)23-8-10-27-11-9-23/h12-13H,4-11H2,1-3H3. The van der Waals surface area contributed by atoms with E-state index in [1.54, 1.807) is 11.0 Å². The van der Waals surface area contributed by atoms with Crippen molar-refractivity contribution in [2.24, 2.45) is 0 Å². The monoisotopic (exact) mass is 399 g/mol. The number of hydrogen-bond donors (Lipinski definition) is 0. The second-order valence-electron chi connectivity index (χ2n) is 7.81. The molecule has 0 saturated carbocycles. The molecule has 0 aromatic heterocycles. The number of hydrogen-bond acceptors (Lipinski definition) is 5. The van der Waals surface area contributed by atoms with Crippen LogP contribution in [0.15, 0.2) is 12.1 Å². The highest BCUT2D eigenvalue weighted by Crippen LogP contribution is 2.31. The van der Waals surface area contributed by atoms with Crippen molar-refractivity contribution >= 4 is 29.2 Å². The molecule has 0 unspecified atom stereocenters. The smallest absolute Gasteiger partial charge is 0.410 e. The molecule has 0 spiro atoms. The first-order valence-electron chi connectivity index (χ1n) is 9.29. The molecule has 2 saturated heterocycles. The van der Waals surface area contributed by atoms with Crippen LogP contribution in [-0.2, 0) is 4.74 Å². The summed E-state index contributed by atoms with van der Waals surface area (Å²) in [7, 11) is 0. The SMILES string of the molecule is CC(C)(C)OC(=O)N1CCN(c2cc(N3CCSCC3)c(F)cc2F)CC1. The maximum atomic E-state index is 14.5. The third-order valence-corrected chi connectivity index (χ3v) is 5.58. The van der Waals surface area contributed by atoms with Gasteiger partial charge in [0, 0.05) is 56.8 Å². The molecule has 3 rings (SSSR count). The molecule has 0 radical (unpaired) electrons. The van der Waals surface area contributed by atoms with Gasteiger partial charge in [0.1, 0.15) is 17.2 Å². The van der Waals surface area contributed by atoms with Gasteiger partial charge in [-0.15, -0.1) is 0 Å². The number of anilines is 2. The zero-order valence-electron chi connectivity index (χ0n) is 16.1. The summed E-state index contributed by atoms with van der Waals surface area (Å²) >= 11 is 1.84. The molecule has 27 heavy (non-hydrogen) atoms. The molecule has 150 valence electrons.